The zero-order valence-electron chi connectivity index (χ0n) is 24.1. The fraction of sp³-hybridized carbons (Fsp3) is 0.156. The van der Waals surface area contributed by atoms with Crippen LogP contribution in [0.4, 0.5) is 11.5 Å². The number of hydrogen-bond acceptors (Lipinski definition) is 8. The lowest BCUT2D eigenvalue weighted by molar-refractivity contribution is -0.113. The second-order valence-electron chi connectivity index (χ2n) is 10.3. The summed E-state index contributed by atoms with van der Waals surface area (Å²) in [5, 5.41) is 13.9. The lowest BCUT2D eigenvalue weighted by Crippen LogP contribution is -2.33. The molecule has 222 valence electrons. The average Bonchev–Trinajstić information content (AvgIpc) is 3.42. The van der Waals surface area contributed by atoms with Crippen LogP contribution in [0.2, 0.25) is 0 Å². The number of thioether (sulfide) groups is 1. The number of pyridine rings is 1. The third kappa shape index (κ3) is 5.06. The number of rotatable bonds is 7. The van der Waals surface area contributed by atoms with E-state index in [0.29, 0.717) is 22.6 Å². The highest BCUT2D eigenvalue weighted by Gasteiger charge is 2.38. The number of carbonyl (C=O) groups excluding carboxylic acids is 1. The minimum atomic E-state index is -0.868. The molecule has 0 saturated carbocycles. The van der Waals surface area contributed by atoms with E-state index in [4.69, 9.17) is 17.2 Å². The maximum Gasteiger partial charge on any atom is 0.296 e. The van der Waals surface area contributed by atoms with Gasteiger partial charge in [0.2, 0.25) is 0 Å². The zero-order valence-corrected chi connectivity index (χ0v) is 25.7. The molecule has 0 spiro atoms. The molecule has 4 heterocycles. The van der Waals surface area contributed by atoms with Gasteiger partial charge in [-0.2, -0.15) is 0 Å². The first kappa shape index (κ1) is 29.3. The van der Waals surface area contributed by atoms with Gasteiger partial charge >= 0.3 is 0 Å². The third-order valence-corrected chi connectivity index (χ3v) is 8.85. The number of aromatic nitrogens is 4. The molecule has 2 aromatic carbocycles. The summed E-state index contributed by atoms with van der Waals surface area (Å²) in [7, 11) is 1.74. The Morgan fingerprint density at radius 1 is 0.977 bits per heavy atom. The predicted octanol–water partition coefficient (Wildman–Crippen LogP) is 4.35. The number of nitrogens with zero attached hydrogens (tertiary/aromatic N) is 5. The van der Waals surface area contributed by atoms with Crippen molar-refractivity contribution in [2.24, 2.45) is 7.05 Å². The van der Waals surface area contributed by atoms with Crippen molar-refractivity contribution < 1.29 is 9.90 Å². The molecule has 1 saturated heterocycles. The van der Waals surface area contributed by atoms with Gasteiger partial charge in [0.15, 0.2) is 4.32 Å². The number of hydrogen-bond donors (Lipinski definition) is 2. The van der Waals surface area contributed by atoms with Gasteiger partial charge in [0.1, 0.15) is 17.2 Å². The van der Waals surface area contributed by atoms with Crippen molar-refractivity contribution in [3.8, 4) is 5.69 Å². The molecule has 0 radical (unpaired) electrons. The van der Waals surface area contributed by atoms with Gasteiger partial charge in [0.05, 0.1) is 28.0 Å². The second kappa shape index (κ2) is 11.7. The minimum absolute atomic E-state index is 0.0720. The summed E-state index contributed by atoms with van der Waals surface area (Å²) < 4.78 is 4.75. The summed E-state index contributed by atoms with van der Waals surface area (Å²) in [6.07, 6.45) is 2.20. The summed E-state index contributed by atoms with van der Waals surface area (Å²) >= 11 is 6.61. The van der Waals surface area contributed by atoms with Crippen LogP contribution >= 0.6 is 24.0 Å². The Kier molecular flexibility index (Phi) is 7.80. The lowest BCUT2D eigenvalue weighted by atomic mass is 10.1. The number of carbonyl (C=O) groups is 1. The van der Waals surface area contributed by atoms with Crippen LogP contribution in [0.5, 0.6) is 0 Å². The smallest absolute Gasteiger partial charge is 0.296 e. The first-order chi connectivity index (χ1) is 21.2. The largest absolute Gasteiger partial charge is 0.387 e. The molecule has 5 aromatic rings. The van der Waals surface area contributed by atoms with E-state index in [1.54, 1.807) is 43.0 Å². The summed E-state index contributed by atoms with van der Waals surface area (Å²) in [6, 6.07) is 21.9. The predicted molar refractivity (Wildman–Crippen MR) is 177 cm³/mol. The molecule has 6 rings (SSSR count). The molecule has 1 aliphatic rings. The average molecular weight is 625 g/mol. The van der Waals surface area contributed by atoms with Gasteiger partial charge in [-0.3, -0.25) is 28.4 Å². The van der Waals surface area contributed by atoms with E-state index in [-0.39, 0.29) is 32.8 Å². The molecular weight excluding hydrogens is 597 g/mol. The molecule has 0 bridgehead atoms. The number of aliphatic hydroxyl groups is 1. The normalized spacial score (nSPS) is 15.0. The van der Waals surface area contributed by atoms with Crippen molar-refractivity contribution in [3.63, 3.8) is 0 Å². The number of anilines is 2. The molecule has 3 aromatic heterocycles. The monoisotopic (exact) mass is 624 g/mol. The molecule has 12 heteroatoms. The van der Waals surface area contributed by atoms with Crippen molar-refractivity contribution in [3.05, 3.63) is 127 Å². The van der Waals surface area contributed by atoms with Crippen LogP contribution in [0.3, 0.4) is 0 Å². The molecule has 1 amide bonds. The van der Waals surface area contributed by atoms with Crippen LogP contribution in [-0.2, 0) is 11.8 Å². The van der Waals surface area contributed by atoms with Gasteiger partial charge in [-0.05, 0) is 49.2 Å². The van der Waals surface area contributed by atoms with Gasteiger partial charge in [-0.25, -0.2) is 9.67 Å². The summed E-state index contributed by atoms with van der Waals surface area (Å²) in [5.74, 6) is -0.304. The number of nitrogens with one attached hydrogen (secondary N) is 1. The van der Waals surface area contributed by atoms with E-state index in [2.05, 4.69) is 5.32 Å². The van der Waals surface area contributed by atoms with Crippen molar-refractivity contribution >= 4 is 57.4 Å². The summed E-state index contributed by atoms with van der Waals surface area (Å²) in [4.78, 5) is 47.5. The Morgan fingerprint density at radius 3 is 2.36 bits per heavy atom. The number of aryl methyl sites for hydroxylation is 1. The highest BCUT2D eigenvalue weighted by Crippen LogP contribution is 2.37. The van der Waals surface area contributed by atoms with E-state index in [1.807, 2.05) is 61.5 Å². The highest BCUT2D eigenvalue weighted by molar-refractivity contribution is 8.27. The molecule has 1 fully saturated rings. The van der Waals surface area contributed by atoms with Crippen molar-refractivity contribution in [2.45, 2.75) is 20.0 Å². The Hall–Kier alpha value is -4.78. The van der Waals surface area contributed by atoms with Gasteiger partial charge in [-0.15, -0.1) is 0 Å². The number of aliphatic hydroxyl groups excluding tert-OH is 1. The maximum absolute atomic E-state index is 13.9. The van der Waals surface area contributed by atoms with E-state index >= 15 is 0 Å². The van der Waals surface area contributed by atoms with Crippen molar-refractivity contribution in [2.75, 3.05) is 16.8 Å². The summed E-state index contributed by atoms with van der Waals surface area (Å²) in [5.41, 5.74) is 2.61. The fourth-order valence-electron chi connectivity index (χ4n) is 5.17. The Balaban J connectivity index is 1.42. The van der Waals surface area contributed by atoms with E-state index in [1.165, 1.54) is 20.1 Å². The fourth-order valence-corrected chi connectivity index (χ4v) is 6.42. The van der Waals surface area contributed by atoms with E-state index < -0.39 is 23.1 Å². The lowest BCUT2D eigenvalue weighted by Gasteiger charge is -2.15. The number of thiocarbonyl (C=S) groups is 1. The molecule has 2 N–H and O–H groups in total. The number of benzene rings is 2. The third-order valence-electron chi connectivity index (χ3n) is 7.55. The molecule has 0 aliphatic carbocycles. The van der Waals surface area contributed by atoms with Crippen LogP contribution in [0.15, 0.2) is 93.5 Å². The zero-order chi connectivity index (χ0) is 31.1. The molecule has 1 atom stereocenters. The highest BCUT2D eigenvalue weighted by atomic mass is 32.2. The van der Waals surface area contributed by atoms with Crippen LogP contribution in [0, 0.1) is 13.8 Å². The van der Waals surface area contributed by atoms with Gasteiger partial charge in [0, 0.05) is 19.8 Å². The Bertz CT molecular complexity index is 2080. The molecule has 1 unspecified atom stereocenters. The number of amides is 1. The Morgan fingerprint density at radius 2 is 1.66 bits per heavy atom. The quantitative estimate of drug-likeness (QED) is 0.203. The van der Waals surface area contributed by atoms with Crippen LogP contribution < -0.4 is 21.3 Å². The van der Waals surface area contributed by atoms with Crippen molar-refractivity contribution in [1.29, 1.82) is 0 Å². The molecule has 44 heavy (non-hydrogen) atoms. The second-order valence-corrected chi connectivity index (χ2v) is 12.0. The summed E-state index contributed by atoms with van der Waals surface area (Å²) in [6.45, 7) is 3.67. The van der Waals surface area contributed by atoms with Gasteiger partial charge < -0.3 is 10.4 Å². The van der Waals surface area contributed by atoms with E-state index in [9.17, 15) is 19.5 Å². The van der Waals surface area contributed by atoms with Gasteiger partial charge in [-0.1, -0.05) is 78.6 Å². The molecular formula is C32H28N6O4S2. The topological polar surface area (TPSA) is 114 Å². The minimum Gasteiger partial charge on any atom is -0.387 e. The molecule has 10 nitrogen and oxygen atoms in total. The Labute approximate surface area is 261 Å². The number of fused-ring (bicyclic) bond motifs is 1. The van der Waals surface area contributed by atoms with Crippen LogP contribution in [-0.4, -0.2) is 40.6 Å². The molecule has 1 aliphatic heterocycles. The first-order valence-electron chi connectivity index (χ1n) is 13.8. The van der Waals surface area contributed by atoms with Crippen molar-refractivity contribution in [1.82, 2.24) is 18.7 Å². The van der Waals surface area contributed by atoms with Crippen LogP contribution in [0.1, 0.15) is 28.5 Å². The first-order valence-corrected chi connectivity index (χ1v) is 15.0. The SMILES string of the molecule is Cc1cccn2c(=O)c(C=C3SC(=S)N(c4c(C)n(C)n(-c5ccccc5)c4=O)C3=O)c(NCC(O)c3ccccc3)nc12. The van der Waals surface area contributed by atoms with Crippen LogP contribution in [0.25, 0.3) is 17.4 Å². The standard InChI is InChI=1S/C32H28N6O4S2/c1-19-11-10-16-36-28(19)34-27(33-18-24(39)21-12-6-4-7-13-21)23(29(36)40)17-25-30(41)37(32(43)44-25)26-20(2)35(3)38(31(26)42)22-14-8-5-9-15-22/h4-17,24,33,39H,18H2,1-3H3. The number of para-hydroxylation sites is 1. The maximum atomic E-state index is 13.9. The van der Waals surface area contributed by atoms with E-state index in [0.717, 1.165) is 17.3 Å². The van der Waals surface area contributed by atoms with Gasteiger partial charge in [0.25, 0.3) is 17.0 Å².